The van der Waals surface area contributed by atoms with Crippen LogP contribution in [0.25, 0.3) is 0 Å². The summed E-state index contributed by atoms with van der Waals surface area (Å²) in [6, 6.07) is 11.5. The van der Waals surface area contributed by atoms with E-state index in [4.69, 9.17) is 4.74 Å². The van der Waals surface area contributed by atoms with Crippen molar-refractivity contribution in [2.24, 2.45) is 0 Å². The van der Waals surface area contributed by atoms with Gasteiger partial charge in [-0.2, -0.15) is 13.2 Å². The van der Waals surface area contributed by atoms with Crippen molar-refractivity contribution in [1.29, 1.82) is 0 Å². The van der Waals surface area contributed by atoms with Crippen molar-refractivity contribution in [3.63, 3.8) is 0 Å². The molecule has 2 rings (SSSR count). The molecule has 2 aromatic carbocycles. The van der Waals surface area contributed by atoms with Crippen LogP contribution >= 0.6 is 0 Å². The zero-order valence-corrected chi connectivity index (χ0v) is 13.0. The SMILES string of the molecule is CCOc1ccc(NC(=O)CNc2cccc(C(F)(F)F)c2)cc1. The van der Waals surface area contributed by atoms with Crippen LogP contribution in [0.15, 0.2) is 48.5 Å². The van der Waals surface area contributed by atoms with Crippen molar-refractivity contribution in [2.75, 3.05) is 23.8 Å². The number of ether oxygens (including phenoxy) is 1. The highest BCUT2D eigenvalue weighted by Gasteiger charge is 2.30. The van der Waals surface area contributed by atoms with Crippen molar-refractivity contribution in [3.8, 4) is 5.75 Å². The van der Waals surface area contributed by atoms with Crippen molar-refractivity contribution >= 4 is 17.3 Å². The Balaban J connectivity index is 1.89. The molecule has 2 aromatic rings. The summed E-state index contributed by atoms with van der Waals surface area (Å²) in [5.41, 5.74) is 0.0420. The molecule has 0 bridgehead atoms. The molecule has 0 heterocycles. The smallest absolute Gasteiger partial charge is 0.416 e. The topological polar surface area (TPSA) is 50.4 Å². The Bertz CT molecular complexity index is 685. The van der Waals surface area contributed by atoms with Crippen LogP contribution in [-0.2, 0) is 11.0 Å². The summed E-state index contributed by atoms with van der Waals surface area (Å²) in [4.78, 5) is 11.9. The van der Waals surface area contributed by atoms with Crippen LogP contribution < -0.4 is 15.4 Å². The molecule has 0 aliphatic heterocycles. The molecule has 2 N–H and O–H groups in total. The normalized spacial score (nSPS) is 11.0. The van der Waals surface area contributed by atoms with Gasteiger partial charge in [-0.3, -0.25) is 4.79 Å². The van der Waals surface area contributed by atoms with Gasteiger partial charge in [-0.15, -0.1) is 0 Å². The fraction of sp³-hybridized carbons (Fsp3) is 0.235. The van der Waals surface area contributed by atoms with E-state index in [0.717, 1.165) is 12.1 Å². The molecule has 4 nitrogen and oxygen atoms in total. The lowest BCUT2D eigenvalue weighted by atomic mass is 10.2. The number of hydrogen-bond acceptors (Lipinski definition) is 3. The average molecular weight is 338 g/mol. The largest absolute Gasteiger partial charge is 0.494 e. The standard InChI is InChI=1S/C17H17F3N2O2/c1-2-24-15-8-6-13(7-9-15)22-16(23)11-21-14-5-3-4-12(10-14)17(18,19)20/h3-10,21H,2,11H2,1H3,(H,22,23). The molecular formula is C17H17F3N2O2. The van der Waals surface area contributed by atoms with Crippen LogP contribution in [-0.4, -0.2) is 19.1 Å². The number of hydrogen-bond donors (Lipinski definition) is 2. The molecule has 0 aromatic heterocycles. The quantitative estimate of drug-likeness (QED) is 0.832. The minimum Gasteiger partial charge on any atom is -0.494 e. The molecule has 0 atom stereocenters. The third-order valence-corrected chi connectivity index (χ3v) is 3.09. The Morgan fingerprint density at radius 2 is 1.79 bits per heavy atom. The van der Waals surface area contributed by atoms with Gasteiger partial charge < -0.3 is 15.4 Å². The third-order valence-electron chi connectivity index (χ3n) is 3.09. The summed E-state index contributed by atoms with van der Waals surface area (Å²) in [6.45, 7) is 2.27. The lowest BCUT2D eigenvalue weighted by Crippen LogP contribution is -2.21. The van der Waals surface area contributed by atoms with Gasteiger partial charge in [-0.25, -0.2) is 0 Å². The molecule has 0 spiro atoms. The first-order valence-corrected chi connectivity index (χ1v) is 7.32. The Morgan fingerprint density at radius 3 is 2.42 bits per heavy atom. The van der Waals surface area contributed by atoms with Gasteiger partial charge in [0.1, 0.15) is 5.75 Å². The first-order valence-electron chi connectivity index (χ1n) is 7.32. The van der Waals surface area contributed by atoms with E-state index in [-0.39, 0.29) is 18.1 Å². The number of halogens is 3. The number of benzene rings is 2. The van der Waals surface area contributed by atoms with Gasteiger partial charge in [-0.05, 0) is 49.4 Å². The monoisotopic (exact) mass is 338 g/mol. The Morgan fingerprint density at radius 1 is 1.08 bits per heavy atom. The molecular weight excluding hydrogens is 321 g/mol. The second-order valence-corrected chi connectivity index (χ2v) is 4.94. The molecule has 0 radical (unpaired) electrons. The predicted molar refractivity (Wildman–Crippen MR) is 86.2 cm³/mol. The second-order valence-electron chi connectivity index (χ2n) is 4.94. The molecule has 1 amide bonds. The molecule has 0 fully saturated rings. The van der Waals surface area contributed by atoms with E-state index in [1.54, 1.807) is 24.3 Å². The third kappa shape index (κ3) is 5.19. The van der Waals surface area contributed by atoms with Crippen LogP contribution in [0.2, 0.25) is 0 Å². The Kier molecular flexibility index (Phi) is 5.68. The first-order chi connectivity index (χ1) is 11.4. The fourth-order valence-electron chi connectivity index (χ4n) is 1.99. The number of carbonyl (C=O) groups excluding carboxylic acids is 1. The van der Waals surface area contributed by atoms with Gasteiger partial charge in [0.15, 0.2) is 0 Å². The van der Waals surface area contributed by atoms with Crippen LogP contribution in [0.3, 0.4) is 0 Å². The summed E-state index contributed by atoms with van der Waals surface area (Å²) in [7, 11) is 0. The van der Waals surface area contributed by atoms with Gasteiger partial charge in [0.25, 0.3) is 0 Å². The molecule has 0 aliphatic carbocycles. The molecule has 0 aliphatic rings. The van der Waals surface area contributed by atoms with Crippen LogP contribution in [0.4, 0.5) is 24.5 Å². The molecule has 0 saturated heterocycles. The lowest BCUT2D eigenvalue weighted by molar-refractivity contribution is -0.137. The van der Waals surface area contributed by atoms with Crippen LogP contribution in [0.1, 0.15) is 12.5 Å². The zero-order chi connectivity index (χ0) is 17.6. The first kappa shape index (κ1) is 17.7. The summed E-state index contributed by atoms with van der Waals surface area (Å²) in [5.74, 6) is 0.328. The number of anilines is 2. The van der Waals surface area contributed by atoms with E-state index in [9.17, 15) is 18.0 Å². The van der Waals surface area contributed by atoms with Gasteiger partial charge in [0.05, 0.1) is 18.7 Å². The predicted octanol–water partition coefficient (Wildman–Crippen LogP) is 4.15. The maximum Gasteiger partial charge on any atom is 0.416 e. The molecule has 7 heteroatoms. The van der Waals surface area contributed by atoms with E-state index in [1.807, 2.05) is 6.92 Å². The minimum absolute atomic E-state index is 0.144. The number of rotatable bonds is 6. The Hall–Kier alpha value is -2.70. The average Bonchev–Trinajstić information content (AvgIpc) is 2.55. The van der Waals surface area contributed by atoms with Crippen molar-refractivity contribution < 1.29 is 22.7 Å². The summed E-state index contributed by atoms with van der Waals surface area (Å²) < 4.78 is 43.2. The van der Waals surface area contributed by atoms with E-state index in [1.165, 1.54) is 12.1 Å². The van der Waals surface area contributed by atoms with Crippen LogP contribution in [0.5, 0.6) is 5.75 Å². The van der Waals surface area contributed by atoms with Crippen molar-refractivity contribution in [2.45, 2.75) is 13.1 Å². The molecule has 24 heavy (non-hydrogen) atoms. The Labute approximate surface area is 137 Å². The van der Waals surface area contributed by atoms with Crippen molar-refractivity contribution in [1.82, 2.24) is 0 Å². The van der Waals surface area contributed by atoms with Gasteiger partial charge in [-0.1, -0.05) is 6.07 Å². The number of nitrogens with one attached hydrogen (secondary N) is 2. The highest BCUT2D eigenvalue weighted by Crippen LogP contribution is 2.30. The van der Waals surface area contributed by atoms with E-state index in [2.05, 4.69) is 10.6 Å². The number of carbonyl (C=O) groups is 1. The van der Waals surface area contributed by atoms with Gasteiger partial charge in [0.2, 0.25) is 5.91 Å². The van der Waals surface area contributed by atoms with Crippen molar-refractivity contribution in [3.05, 3.63) is 54.1 Å². The summed E-state index contributed by atoms with van der Waals surface area (Å²) in [5, 5.41) is 5.32. The summed E-state index contributed by atoms with van der Waals surface area (Å²) >= 11 is 0. The zero-order valence-electron chi connectivity index (χ0n) is 13.0. The lowest BCUT2D eigenvalue weighted by Gasteiger charge is -2.11. The maximum atomic E-state index is 12.6. The molecule has 0 saturated carbocycles. The highest BCUT2D eigenvalue weighted by atomic mass is 19.4. The number of alkyl halides is 3. The van der Waals surface area contributed by atoms with Crippen LogP contribution in [0, 0.1) is 0 Å². The van der Waals surface area contributed by atoms with Gasteiger partial charge >= 0.3 is 6.18 Å². The number of amides is 1. The second kappa shape index (κ2) is 7.72. The van der Waals surface area contributed by atoms with E-state index >= 15 is 0 Å². The maximum absolute atomic E-state index is 12.6. The van der Waals surface area contributed by atoms with Gasteiger partial charge in [0, 0.05) is 11.4 Å². The summed E-state index contributed by atoms with van der Waals surface area (Å²) in [6.07, 6.45) is -4.41. The highest BCUT2D eigenvalue weighted by molar-refractivity contribution is 5.93. The fourth-order valence-corrected chi connectivity index (χ4v) is 1.99. The van der Waals surface area contributed by atoms with E-state index < -0.39 is 11.7 Å². The minimum atomic E-state index is -4.41. The molecule has 0 unspecified atom stereocenters. The van der Waals surface area contributed by atoms with E-state index in [0.29, 0.717) is 18.0 Å². The molecule has 128 valence electrons.